The molecule has 0 saturated heterocycles. The molecule has 5 N–H and O–H groups in total. The van der Waals surface area contributed by atoms with Crippen molar-refractivity contribution in [2.75, 3.05) is 14.2 Å². The summed E-state index contributed by atoms with van der Waals surface area (Å²) in [6, 6.07) is 22.2. The van der Waals surface area contributed by atoms with Crippen molar-refractivity contribution in [2.24, 2.45) is 11.8 Å². The van der Waals surface area contributed by atoms with Crippen molar-refractivity contribution in [2.45, 2.75) is 90.4 Å². The SMILES string of the molecule is COc1ccc(COC(=O)N[C@H](C(=O)N[C@H](Cc2ccccc2)C[C@H](O)[C@H](Cc2ccccc2)NC(=O)[C@@H](NC(=O)OCc2ccc(OC)nc2)C(C)C)C(C)C)cn1. The van der Waals surface area contributed by atoms with Crippen LogP contribution >= 0.6 is 0 Å². The molecule has 316 valence electrons. The molecule has 2 aromatic carbocycles. The van der Waals surface area contributed by atoms with Crippen molar-refractivity contribution in [3.63, 3.8) is 0 Å². The van der Waals surface area contributed by atoms with E-state index in [9.17, 15) is 24.3 Å². The fourth-order valence-corrected chi connectivity index (χ4v) is 6.20. The molecule has 0 saturated carbocycles. The summed E-state index contributed by atoms with van der Waals surface area (Å²) in [5, 5.41) is 23.3. The third-order valence-electron chi connectivity index (χ3n) is 9.49. The minimum Gasteiger partial charge on any atom is -0.481 e. The number of amides is 4. The summed E-state index contributed by atoms with van der Waals surface area (Å²) in [7, 11) is 3.00. The summed E-state index contributed by atoms with van der Waals surface area (Å²) in [4.78, 5) is 61.8. The highest BCUT2D eigenvalue weighted by Gasteiger charge is 2.33. The van der Waals surface area contributed by atoms with Crippen LogP contribution in [0, 0.1) is 11.8 Å². The number of aliphatic hydroxyl groups excluding tert-OH is 1. The molecular weight excluding hydrogens is 757 g/mol. The molecule has 15 heteroatoms. The topological polar surface area (TPSA) is 199 Å². The lowest BCUT2D eigenvalue weighted by molar-refractivity contribution is -0.127. The summed E-state index contributed by atoms with van der Waals surface area (Å²) < 4.78 is 20.9. The molecule has 59 heavy (non-hydrogen) atoms. The lowest BCUT2D eigenvalue weighted by Crippen LogP contribution is -2.56. The van der Waals surface area contributed by atoms with E-state index in [1.165, 1.54) is 26.6 Å². The van der Waals surface area contributed by atoms with E-state index in [0.29, 0.717) is 29.3 Å². The van der Waals surface area contributed by atoms with Crippen molar-refractivity contribution in [3.05, 3.63) is 120 Å². The van der Waals surface area contributed by atoms with Gasteiger partial charge in [0.15, 0.2) is 0 Å². The Kier molecular flexibility index (Phi) is 17.9. The molecule has 0 spiro atoms. The lowest BCUT2D eigenvalue weighted by atomic mass is 9.92. The van der Waals surface area contributed by atoms with Crippen molar-refractivity contribution in [1.29, 1.82) is 0 Å². The van der Waals surface area contributed by atoms with Gasteiger partial charge in [0.1, 0.15) is 25.3 Å². The van der Waals surface area contributed by atoms with Crippen LogP contribution in [-0.4, -0.2) is 83.6 Å². The second-order valence-corrected chi connectivity index (χ2v) is 14.8. The fraction of sp³-hybridized carbons (Fsp3) is 0.409. The number of nitrogens with one attached hydrogen (secondary N) is 4. The van der Waals surface area contributed by atoms with E-state index >= 15 is 0 Å². The lowest BCUT2D eigenvalue weighted by Gasteiger charge is -2.31. The average Bonchev–Trinajstić information content (AvgIpc) is 3.23. The molecule has 4 amide bonds. The number of rotatable bonds is 21. The van der Waals surface area contributed by atoms with Crippen LogP contribution in [0.5, 0.6) is 11.8 Å². The second-order valence-electron chi connectivity index (χ2n) is 14.8. The van der Waals surface area contributed by atoms with Gasteiger partial charge in [-0.15, -0.1) is 0 Å². The number of carbonyl (C=O) groups excluding carboxylic acids is 4. The number of nitrogens with zero attached hydrogens (tertiary/aromatic N) is 2. The maximum Gasteiger partial charge on any atom is 0.408 e. The maximum atomic E-state index is 13.9. The minimum atomic E-state index is -1.16. The van der Waals surface area contributed by atoms with Crippen molar-refractivity contribution >= 4 is 24.0 Å². The molecule has 5 atom stereocenters. The van der Waals surface area contributed by atoms with E-state index in [2.05, 4.69) is 31.2 Å². The molecule has 4 rings (SSSR count). The van der Waals surface area contributed by atoms with Crippen LogP contribution in [0.25, 0.3) is 0 Å². The summed E-state index contributed by atoms with van der Waals surface area (Å²) in [6.07, 6.45) is 0.957. The summed E-state index contributed by atoms with van der Waals surface area (Å²) in [5.41, 5.74) is 3.03. The Morgan fingerprint density at radius 2 is 1.02 bits per heavy atom. The number of aliphatic hydroxyl groups is 1. The van der Waals surface area contributed by atoms with Crippen LogP contribution in [-0.2, 0) is 45.1 Å². The van der Waals surface area contributed by atoms with E-state index in [0.717, 1.165) is 11.1 Å². The predicted molar refractivity (Wildman–Crippen MR) is 220 cm³/mol. The molecule has 0 aliphatic rings. The van der Waals surface area contributed by atoms with Gasteiger partial charge in [-0.3, -0.25) is 9.59 Å². The number of ether oxygens (including phenoxy) is 4. The zero-order valence-corrected chi connectivity index (χ0v) is 34.4. The number of aromatic nitrogens is 2. The number of carbonyl (C=O) groups is 4. The molecule has 15 nitrogen and oxygen atoms in total. The van der Waals surface area contributed by atoms with Crippen molar-refractivity contribution < 1.29 is 43.2 Å². The fourth-order valence-electron chi connectivity index (χ4n) is 6.20. The molecule has 0 radical (unpaired) electrons. The van der Waals surface area contributed by atoms with E-state index in [1.54, 1.807) is 52.0 Å². The van der Waals surface area contributed by atoms with Crippen molar-refractivity contribution in [1.82, 2.24) is 31.2 Å². The first kappa shape index (κ1) is 45.5. The highest BCUT2D eigenvalue weighted by molar-refractivity contribution is 5.87. The van der Waals surface area contributed by atoms with Gasteiger partial charge in [-0.25, -0.2) is 19.6 Å². The summed E-state index contributed by atoms with van der Waals surface area (Å²) in [6.45, 7) is 7.04. The van der Waals surface area contributed by atoms with Gasteiger partial charge in [-0.2, -0.15) is 0 Å². The number of alkyl carbamates (subject to hydrolysis) is 2. The van der Waals surface area contributed by atoms with Crippen LogP contribution in [0.4, 0.5) is 9.59 Å². The smallest absolute Gasteiger partial charge is 0.408 e. The first-order valence-electron chi connectivity index (χ1n) is 19.6. The normalized spacial score (nSPS) is 13.6. The Labute approximate surface area is 345 Å². The van der Waals surface area contributed by atoms with E-state index in [4.69, 9.17) is 18.9 Å². The largest absolute Gasteiger partial charge is 0.481 e. The molecule has 4 aromatic rings. The van der Waals surface area contributed by atoms with Gasteiger partial charge < -0.3 is 45.3 Å². The Morgan fingerprint density at radius 3 is 1.42 bits per heavy atom. The van der Waals surface area contributed by atoms with Crippen LogP contribution in [0.1, 0.15) is 56.4 Å². The number of hydrogen-bond acceptors (Lipinski definition) is 11. The zero-order valence-electron chi connectivity index (χ0n) is 34.4. The zero-order chi connectivity index (χ0) is 42.7. The predicted octanol–water partition coefficient (Wildman–Crippen LogP) is 4.90. The third-order valence-corrected chi connectivity index (χ3v) is 9.49. The second kappa shape index (κ2) is 23.3. The Morgan fingerprint density at radius 1 is 0.576 bits per heavy atom. The van der Waals surface area contributed by atoms with Gasteiger partial charge >= 0.3 is 12.2 Å². The average molecular weight is 813 g/mol. The summed E-state index contributed by atoms with van der Waals surface area (Å²) in [5.74, 6) is -0.798. The molecular formula is C44H56N6O9. The van der Waals surface area contributed by atoms with Crippen LogP contribution in [0.3, 0.4) is 0 Å². The monoisotopic (exact) mass is 812 g/mol. The van der Waals surface area contributed by atoms with Gasteiger partial charge in [0.2, 0.25) is 23.6 Å². The first-order chi connectivity index (χ1) is 28.3. The van der Waals surface area contributed by atoms with Gasteiger partial charge in [0.25, 0.3) is 0 Å². The van der Waals surface area contributed by atoms with Crippen LogP contribution in [0.15, 0.2) is 97.3 Å². The quantitative estimate of drug-likeness (QED) is 0.0767. The van der Waals surface area contributed by atoms with E-state index < -0.39 is 54.3 Å². The van der Waals surface area contributed by atoms with Crippen LogP contribution in [0.2, 0.25) is 0 Å². The highest BCUT2D eigenvalue weighted by Crippen LogP contribution is 2.17. The molecule has 0 unspecified atom stereocenters. The molecule has 0 aliphatic carbocycles. The van der Waals surface area contributed by atoms with Crippen LogP contribution < -0.4 is 30.7 Å². The Balaban J connectivity index is 1.47. The summed E-state index contributed by atoms with van der Waals surface area (Å²) >= 11 is 0. The Hall–Kier alpha value is -6.22. The van der Waals surface area contributed by atoms with E-state index in [-0.39, 0.29) is 37.9 Å². The number of pyridine rings is 2. The maximum absolute atomic E-state index is 13.9. The molecule has 0 fully saturated rings. The molecule has 2 aromatic heterocycles. The highest BCUT2D eigenvalue weighted by atomic mass is 16.6. The third kappa shape index (κ3) is 15.2. The van der Waals surface area contributed by atoms with Crippen molar-refractivity contribution in [3.8, 4) is 11.8 Å². The van der Waals surface area contributed by atoms with Gasteiger partial charge in [0.05, 0.1) is 26.4 Å². The standard InChI is InChI=1S/C44H56N6O9/c1-28(2)39(49-43(54)58-26-32-17-19-37(56-5)45-24-32)41(52)47-34(21-30-13-9-7-10-14-30)23-36(51)35(22-31-15-11-8-12-16-31)48-42(53)40(29(3)4)50-44(55)59-27-33-18-20-38(57-6)46-25-33/h7-20,24-25,28-29,34-36,39-40,51H,21-23,26-27H2,1-6H3,(H,47,52)(H,48,53)(H,49,54)(H,50,55)/t34-,35+,36+,39+,40+/m1/s1. The molecule has 0 bridgehead atoms. The number of methoxy groups -OCH3 is 2. The van der Waals surface area contributed by atoms with E-state index in [1.807, 2.05) is 60.7 Å². The first-order valence-corrected chi connectivity index (χ1v) is 19.6. The number of hydrogen-bond donors (Lipinski definition) is 5. The minimum absolute atomic E-state index is 0.0376. The van der Waals surface area contributed by atoms with Gasteiger partial charge in [-0.1, -0.05) is 88.4 Å². The molecule has 0 aliphatic heterocycles. The molecule has 2 heterocycles. The Bertz CT molecular complexity index is 1900. The van der Waals surface area contributed by atoms with Gasteiger partial charge in [0, 0.05) is 41.7 Å². The number of benzene rings is 2. The van der Waals surface area contributed by atoms with Gasteiger partial charge in [-0.05, 0) is 54.4 Å².